The first-order chi connectivity index (χ1) is 15.5. The fraction of sp³-hybridized carbons (Fsp3) is 0.208. The third-order valence-electron chi connectivity index (χ3n) is 4.51. The lowest BCUT2D eigenvalue weighted by Crippen LogP contribution is -2.24. The molecule has 166 valence electrons. The van der Waals surface area contributed by atoms with Crippen LogP contribution < -0.4 is 19.6 Å². The lowest BCUT2D eigenvalue weighted by Gasteiger charge is -2.11. The Labute approximate surface area is 185 Å². The number of furan rings is 1. The van der Waals surface area contributed by atoms with E-state index in [0.29, 0.717) is 23.7 Å². The second-order valence-corrected chi connectivity index (χ2v) is 6.79. The molecule has 0 spiro atoms. The number of hydrazone groups is 1. The van der Waals surface area contributed by atoms with Gasteiger partial charge in [0.05, 0.1) is 19.1 Å². The predicted octanol–water partition coefficient (Wildman–Crippen LogP) is 4.04. The minimum atomic E-state index is -0.631. The predicted molar refractivity (Wildman–Crippen MR) is 118 cm³/mol. The normalized spacial score (nSPS) is 10.7. The van der Waals surface area contributed by atoms with Crippen LogP contribution in [0.25, 0.3) is 0 Å². The molecule has 0 radical (unpaired) electrons. The molecule has 0 atom stereocenters. The van der Waals surface area contributed by atoms with Crippen molar-refractivity contribution in [2.45, 2.75) is 20.8 Å². The molecule has 0 unspecified atom stereocenters. The Kier molecular flexibility index (Phi) is 7.64. The maximum atomic E-state index is 12.1. The van der Waals surface area contributed by atoms with E-state index in [0.717, 1.165) is 11.1 Å². The Morgan fingerprint density at radius 1 is 1.03 bits per heavy atom. The lowest BCUT2D eigenvalue weighted by molar-refractivity contribution is -0.123. The van der Waals surface area contributed by atoms with Gasteiger partial charge in [0.2, 0.25) is 5.76 Å². The molecule has 32 heavy (non-hydrogen) atoms. The third kappa shape index (κ3) is 5.98. The first-order valence-electron chi connectivity index (χ1n) is 10.0. The summed E-state index contributed by atoms with van der Waals surface area (Å²) in [5.41, 5.74) is 5.13. The van der Waals surface area contributed by atoms with Crippen LogP contribution in [0.15, 0.2) is 64.3 Å². The molecule has 0 aliphatic carbocycles. The average Bonchev–Trinajstić information content (AvgIpc) is 3.32. The molecule has 8 heteroatoms. The van der Waals surface area contributed by atoms with Gasteiger partial charge in [0.15, 0.2) is 18.1 Å². The number of hydrogen-bond acceptors (Lipinski definition) is 7. The van der Waals surface area contributed by atoms with Crippen molar-refractivity contribution in [3.63, 3.8) is 0 Å². The number of aryl methyl sites for hydroxylation is 1. The number of carbonyl (C=O) groups excluding carboxylic acids is 2. The number of carbonyl (C=O) groups is 2. The van der Waals surface area contributed by atoms with Crippen molar-refractivity contribution in [2.75, 3.05) is 13.2 Å². The number of benzene rings is 2. The zero-order chi connectivity index (χ0) is 22.9. The summed E-state index contributed by atoms with van der Waals surface area (Å²) in [7, 11) is 0. The van der Waals surface area contributed by atoms with Crippen LogP contribution in [0.2, 0.25) is 0 Å². The SMILES string of the molecule is CCOc1cc(/C=N\NC(=O)COc2cccc(C)c2C)ccc1OC(=O)c1ccco1. The van der Waals surface area contributed by atoms with Crippen LogP contribution in [0.4, 0.5) is 0 Å². The first kappa shape index (κ1) is 22.6. The number of nitrogens with zero attached hydrogens (tertiary/aromatic N) is 1. The van der Waals surface area contributed by atoms with E-state index in [1.807, 2.05) is 39.0 Å². The molecule has 0 aliphatic heterocycles. The summed E-state index contributed by atoms with van der Waals surface area (Å²) in [5.74, 6) is 0.330. The van der Waals surface area contributed by atoms with Gasteiger partial charge in [-0.25, -0.2) is 10.2 Å². The minimum absolute atomic E-state index is 0.0869. The fourth-order valence-corrected chi connectivity index (χ4v) is 2.74. The van der Waals surface area contributed by atoms with Crippen LogP contribution in [0.5, 0.6) is 17.2 Å². The van der Waals surface area contributed by atoms with Crippen molar-refractivity contribution in [3.8, 4) is 17.2 Å². The van der Waals surface area contributed by atoms with Crippen molar-refractivity contribution in [1.29, 1.82) is 0 Å². The second kappa shape index (κ2) is 10.8. The smallest absolute Gasteiger partial charge is 0.379 e. The molecule has 1 N–H and O–H groups in total. The number of nitrogens with one attached hydrogen (secondary N) is 1. The molecule has 1 heterocycles. The van der Waals surface area contributed by atoms with Crippen LogP contribution in [0.3, 0.4) is 0 Å². The van der Waals surface area contributed by atoms with Crippen molar-refractivity contribution in [1.82, 2.24) is 5.43 Å². The van der Waals surface area contributed by atoms with Crippen LogP contribution in [0, 0.1) is 13.8 Å². The quantitative estimate of drug-likeness (QED) is 0.235. The van der Waals surface area contributed by atoms with Crippen LogP contribution >= 0.6 is 0 Å². The number of hydrogen-bond donors (Lipinski definition) is 1. The Morgan fingerprint density at radius 3 is 2.62 bits per heavy atom. The average molecular weight is 436 g/mol. The zero-order valence-corrected chi connectivity index (χ0v) is 18.1. The Morgan fingerprint density at radius 2 is 1.88 bits per heavy atom. The van der Waals surface area contributed by atoms with Gasteiger partial charge >= 0.3 is 5.97 Å². The van der Waals surface area contributed by atoms with E-state index in [9.17, 15) is 9.59 Å². The van der Waals surface area contributed by atoms with Gasteiger partial charge in [-0.2, -0.15) is 5.10 Å². The molecule has 0 aliphatic rings. The van der Waals surface area contributed by atoms with Crippen LogP contribution in [-0.2, 0) is 4.79 Å². The summed E-state index contributed by atoms with van der Waals surface area (Å²) in [6.07, 6.45) is 2.84. The third-order valence-corrected chi connectivity index (χ3v) is 4.51. The molecule has 3 rings (SSSR count). The highest BCUT2D eigenvalue weighted by molar-refractivity contribution is 5.89. The highest BCUT2D eigenvalue weighted by Crippen LogP contribution is 2.29. The van der Waals surface area contributed by atoms with Gasteiger partial charge in [-0.1, -0.05) is 12.1 Å². The standard InChI is InChI=1S/C24H24N2O6/c1-4-29-22-13-18(10-11-20(22)32-24(28)21-9-6-12-30-21)14-25-26-23(27)15-31-19-8-5-7-16(2)17(19)3/h5-14H,4,15H2,1-3H3,(H,26,27)/b25-14-. The molecule has 0 saturated heterocycles. The largest absolute Gasteiger partial charge is 0.490 e. The van der Waals surface area contributed by atoms with E-state index in [4.69, 9.17) is 18.6 Å². The Hall–Kier alpha value is -4.07. The summed E-state index contributed by atoms with van der Waals surface area (Å²) in [6.45, 7) is 5.94. The van der Waals surface area contributed by atoms with Crippen molar-refractivity contribution < 1.29 is 28.2 Å². The molecule has 0 fully saturated rings. The van der Waals surface area contributed by atoms with E-state index in [1.54, 1.807) is 24.3 Å². The molecule has 3 aromatic rings. The minimum Gasteiger partial charge on any atom is -0.490 e. The van der Waals surface area contributed by atoms with E-state index in [1.165, 1.54) is 18.5 Å². The Balaban J connectivity index is 1.58. The maximum absolute atomic E-state index is 12.1. The van der Waals surface area contributed by atoms with Crippen LogP contribution in [-0.4, -0.2) is 31.3 Å². The maximum Gasteiger partial charge on any atom is 0.379 e. The number of esters is 1. The van der Waals surface area contributed by atoms with Gasteiger partial charge in [0.25, 0.3) is 5.91 Å². The van der Waals surface area contributed by atoms with Gasteiger partial charge in [-0.15, -0.1) is 0 Å². The summed E-state index contributed by atoms with van der Waals surface area (Å²) in [4.78, 5) is 24.1. The lowest BCUT2D eigenvalue weighted by atomic mass is 10.1. The summed E-state index contributed by atoms with van der Waals surface area (Å²) < 4.78 is 21.5. The Bertz CT molecular complexity index is 1110. The summed E-state index contributed by atoms with van der Waals surface area (Å²) >= 11 is 0. The van der Waals surface area contributed by atoms with E-state index >= 15 is 0 Å². The molecule has 0 saturated carbocycles. The zero-order valence-electron chi connectivity index (χ0n) is 18.1. The van der Waals surface area contributed by atoms with Gasteiger partial charge in [0, 0.05) is 0 Å². The topological polar surface area (TPSA) is 99.4 Å². The van der Waals surface area contributed by atoms with E-state index in [2.05, 4.69) is 10.5 Å². The summed E-state index contributed by atoms with van der Waals surface area (Å²) in [5, 5.41) is 3.94. The fourth-order valence-electron chi connectivity index (χ4n) is 2.74. The first-order valence-corrected chi connectivity index (χ1v) is 10.0. The van der Waals surface area contributed by atoms with Gasteiger partial charge < -0.3 is 18.6 Å². The van der Waals surface area contributed by atoms with Crippen molar-refractivity contribution >= 4 is 18.1 Å². The molecule has 1 amide bonds. The van der Waals surface area contributed by atoms with Crippen LogP contribution in [0.1, 0.15) is 34.2 Å². The van der Waals surface area contributed by atoms with Gasteiger partial charge in [-0.05, 0) is 73.9 Å². The highest BCUT2D eigenvalue weighted by Gasteiger charge is 2.15. The van der Waals surface area contributed by atoms with Gasteiger partial charge in [0.1, 0.15) is 5.75 Å². The number of rotatable bonds is 9. The second-order valence-electron chi connectivity index (χ2n) is 6.79. The molecular formula is C24H24N2O6. The molecule has 2 aromatic carbocycles. The number of ether oxygens (including phenoxy) is 3. The summed E-state index contributed by atoms with van der Waals surface area (Å²) in [6, 6.07) is 13.7. The van der Waals surface area contributed by atoms with Gasteiger partial charge in [-0.3, -0.25) is 4.79 Å². The highest BCUT2D eigenvalue weighted by atomic mass is 16.6. The van der Waals surface area contributed by atoms with E-state index in [-0.39, 0.29) is 18.1 Å². The van der Waals surface area contributed by atoms with E-state index < -0.39 is 11.9 Å². The number of amides is 1. The molecule has 8 nitrogen and oxygen atoms in total. The van der Waals surface area contributed by atoms with Crippen molar-refractivity contribution in [3.05, 3.63) is 77.2 Å². The molecule has 0 bridgehead atoms. The van der Waals surface area contributed by atoms with Crippen molar-refractivity contribution in [2.24, 2.45) is 5.10 Å². The monoisotopic (exact) mass is 436 g/mol. The molecule has 1 aromatic heterocycles. The molecular weight excluding hydrogens is 412 g/mol.